The van der Waals surface area contributed by atoms with Gasteiger partial charge in [-0.3, -0.25) is 4.31 Å². The van der Waals surface area contributed by atoms with Gasteiger partial charge >= 0.3 is 5.97 Å². The molecule has 0 fully saturated rings. The lowest BCUT2D eigenvalue weighted by Crippen LogP contribution is -2.34. The number of para-hydroxylation sites is 3. The van der Waals surface area contributed by atoms with Crippen molar-refractivity contribution in [1.82, 2.24) is 0 Å². The number of hydrogen-bond acceptors (Lipinski definition) is 6. The van der Waals surface area contributed by atoms with Gasteiger partial charge in [-0.2, -0.15) is 0 Å². The van der Waals surface area contributed by atoms with Gasteiger partial charge in [0.1, 0.15) is 13.2 Å². The lowest BCUT2D eigenvalue weighted by molar-refractivity contribution is 0.0109. The molecule has 0 aliphatic carbocycles. The molecule has 0 saturated carbocycles. The number of sulfonamides is 1. The molecule has 1 heterocycles. The fourth-order valence-electron chi connectivity index (χ4n) is 3.09. The highest BCUT2D eigenvalue weighted by Gasteiger charge is 2.24. The Hall–Kier alpha value is -3.52. The number of esters is 1. The number of benzene rings is 3. The molecular weight excluding hydrogens is 418 g/mol. The van der Waals surface area contributed by atoms with Crippen LogP contribution in [-0.4, -0.2) is 40.8 Å². The Morgan fingerprint density at radius 3 is 2.32 bits per heavy atom. The maximum atomic E-state index is 12.8. The molecule has 0 aromatic heterocycles. The van der Waals surface area contributed by atoms with E-state index < -0.39 is 22.1 Å². The molecule has 1 atom stereocenters. The van der Waals surface area contributed by atoms with E-state index in [1.165, 1.54) is 35.6 Å². The van der Waals surface area contributed by atoms with Crippen molar-refractivity contribution in [3.63, 3.8) is 0 Å². The van der Waals surface area contributed by atoms with Gasteiger partial charge in [0.05, 0.1) is 16.1 Å². The molecule has 0 spiro atoms. The van der Waals surface area contributed by atoms with E-state index in [1.54, 1.807) is 30.3 Å². The van der Waals surface area contributed by atoms with E-state index in [0.717, 1.165) is 0 Å². The number of carbonyl (C=O) groups is 1. The summed E-state index contributed by atoms with van der Waals surface area (Å²) in [6.07, 6.45) is -0.418. The first-order valence-corrected chi connectivity index (χ1v) is 11.1. The Balaban J connectivity index is 1.38. The smallest absolute Gasteiger partial charge is 0.338 e. The first-order chi connectivity index (χ1) is 14.9. The first-order valence-electron chi connectivity index (χ1n) is 9.65. The Bertz CT molecular complexity index is 1160. The molecule has 0 amide bonds. The molecule has 0 radical (unpaired) electrons. The standard InChI is InChI=1S/C23H21NO6S/c1-24(18-7-3-2-4-8-18)31(26,27)20-13-11-17(12-14-20)23(25)29-16-19-15-28-21-9-5-6-10-22(21)30-19/h2-14,19H,15-16H2,1H3/t19-/m0/s1. The van der Waals surface area contributed by atoms with Crippen molar-refractivity contribution in [2.24, 2.45) is 0 Å². The second kappa shape index (κ2) is 8.69. The summed E-state index contributed by atoms with van der Waals surface area (Å²) in [6, 6.07) is 21.7. The molecule has 0 N–H and O–H groups in total. The van der Waals surface area contributed by atoms with Crippen LogP contribution < -0.4 is 13.8 Å². The fraction of sp³-hybridized carbons (Fsp3) is 0.174. The third-order valence-electron chi connectivity index (χ3n) is 4.84. The normalized spacial score (nSPS) is 15.2. The average Bonchev–Trinajstić information content (AvgIpc) is 2.82. The summed E-state index contributed by atoms with van der Waals surface area (Å²) in [5.41, 5.74) is 0.792. The molecular formula is C23H21NO6S. The molecule has 8 heteroatoms. The summed E-state index contributed by atoms with van der Waals surface area (Å²) in [5, 5.41) is 0. The number of ether oxygens (including phenoxy) is 3. The van der Waals surface area contributed by atoms with Crippen molar-refractivity contribution in [1.29, 1.82) is 0 Å². The zero-order valence-electron chi connectivity index (χ0n) is 16.8. The largest absolute Gasteiger partial charge is 0.486 e. The van der Waals surface area contributed by atoms with E-state index in [4.69, 9.17) is 14.2 Å². The summed E-state index contributed by atoms with van der Waals surface area (Å²) in [4.78, 5) is 12.5. The number of anilines is 1. The van der Waals surface area contributed by atoms with Crippen LogP contribution in [0, 0.1) is 0 Å². The molecule has 7 nitrogen and oxygen atoms in total. The van der Waals surface area contributed by atoms with Crippen LogP contribution >= 0.6 is 0 Å². The van der Waals surface area contributed by atoms with Crippen molar-refractivity contribution in [3.05, 3.63) is 84.4 Å². The zero-order valence-corrected chi connectivity index (χ0v) is 17.6. The van der Waals surface area contributed by atoms with Gasteiger partial charge in [-0.1, -0.05) is 30.3 Å². The molecule has 31 heavy (non-hydrogen) atoms. The summed E-state index contributed by atoms with van der Waals surface area (Å²) < 4.78 is 43.5. The maximum absolute atomic E-state index is 12.8. The van der Waals surface area contributed by atoms with Crippen LogP contribution in [0.25, 0.3) is 0 Å². The van der Waals surface area contributed by atoms with Crippen molar-refractivity contribution < 1.29 is 27.4 Å². The maximum Gasteiger partial charge on any atom is 0.338 e. The highest BCUT2D eigenvalue weighted by molar-refractivity contribution is 7.92. The molecule has 0 unspecified atom stereocenters. The lowest BCUT2D eigenvalue weighted by Gasteiger charge is -2.26. The third-order valence-corrected chi connectivity index (χ3v) is 6.64. The summed E-state index contributed by atoms with van der Waals surface area (Å²) in [7, 11) is -2.26. The van der Waals surface area contributed by atoms with Gasteiger partial charge in [0.15, 0.2) is 17.6 Å². The van der Waals surface area contributed by atoms with Crippen LogP contribution in [0.3, 0.4) is 0 Å². The molecule has 0 saturated heterocycles. The van der Waals surface area contributed by atoms with Crippen LogP contribution in [0.4, 0.5) is 5.69 Å². The number of hydrogen-bond donors (Lipinski definition) is 0. The molecule has 0 bridgehead atoms. The average molecular weight is 439 g/mol. The predicted octanol–water partition coefficient (Wildman–Crippen LogP) is 3.51. The Morgan fingerprint density at radius 2 is 1.61 bits per heavy atom. The quantitative estimate of drug-likeness (QED) is 0.547. The molecule has 3 aromatic carbocycles. The zero-order chi connectivity index (χ0) is 21.8. The number of rotatable bonds is 6. The first kappa shape index (κ1) is 20.7. The van der Waals surface area contributed by atoms with E-state index in [1.807, 2.05) is 24.3 Å². The topological polar surface area (TPSA) is 82.1 Å². The SMILES string of the molecule is CN(c1ccccc1)S(=O)(=O)c1ccc(C(=O)OC[C@@H]2COc3ccccc3O2)cc1. The number of fused-ring (bicyclic) bond motifs is 1. The summed E-state index contributed by atoms with van der Waals surface area (Å²) in [6.45, 7) is 0.289. The highest BCUT2D eigenvalue weighted by Crippen LogP contribution is 2.31. The van der Waals surface area contributed by atoms with Gasteiger partial charge in [-0.15, -0.1) is 0 Å². The monoisotopic (exact) mass is 439 g/mol. The minimum Gasteiger partial charge on any atom is -0.486 e. The van der Waals surface area contributed by atoms with Gasteiger partial charge in [-0.25, -0.2) is 13.2 Å². The Labute approximate surface area is 180 Å². The second-order valence-corrected chi connectivity index (χ2v) is 8.90. The van der Waals surface area contributed by atoms with Crippen LogP contribution in [-0.2, 0) is 14.8 Å². The van der Waals surface area contributed by atoms with Gasteiger partial charge < -0.3 is 14.2 Å². The van der Waals surface area contributed by atoms with Crippen LogP contribution in [0.1, 0.15) is 10.4 Å². The summed E-state index contributed by atoms with van der Waals surface area (Å²) in [5.74, 6) is 0.692. The molecule has 3 aromatic rings. The van der Waals surface area contributed by atoms with E-state index in [-0.39, 0.29) is 23.7 Å². The highest BCUT2D eigenvalue weighted by atomic mass is 32.2. The molecule has 1 aliphatic rings. The Morgan fingerprint density at radius 1 is 0.968 bits per heavy atom. The summed E-state index contributed by atoms with van der Waals surface area (Å²) >= 11 is 0. The lowest BCUT2D eigenvalue weighted by atomic mass is 10.2. The van der Waals surface area contributed by atoms with Crippen LogP contribution in [0.15, 0.2) is 83.8 Å². The van der Waals surface area contributed by atoms with Gasteiger partial charge in [0.25, 0.3) is 10.0 Å². The van der Waals surface area contributed by atoms with E-state index >= 15 is 0 Å². The third kappa shape index (κ3) is 4.49. The minimum atomic E-state index is -3.75. The number of nitrogens with zero attached hydrogens (tertiary/aromatic N) is 1. The van der Waals surface area contributed by atoms with E-state index in [9.17, 15) is 13.2 Å². The minimum absolute atomic E-state index is 0.0178. The van der Waals surface area contributed by atoms with Crippen molar-refractivity contribution in [2.45, 2.75) is 11.0 Å². The van der Waals surface area contributed by atoms with Gasteiger partial charge in [0.2, 0.25) is 0 Å². The van der Waals surface area contributed by atoms with Crippen LogP contribution in [0.2, 0.25) is 0 Å². The Kier molecular flexibility index (Phi) is 5.81. The van der Waals surface area contributed by atoms with Crippen molar-refractivity contribution >= 4 is 21.7 Å². The molecule has 1 aliphatic heterocycles. The van der Waals surface area contributed by atoms with Crippen LogP contribution in [0.5, 0.6) is 11.5 Å². The molecule has 4 rings (SSSR count). The fourth-order valence-corrected chi connectivity index (χ4v) is 4.29. The van der Waals surface area contributed by atoms with Crippen molar-refractivity contribution in [3.8, 4) is 11.5 Å². The van der Waals surface area contributed by atoms with Gasteiger partial charge in [0, 0.05) is 7.05 Å². The van der Waals surface area contributed by atoms with Gasteiger partial charge in [-0.05, 0) is 48.5 Å². The van der Waals surface area contributed by atoms with Crippen molar-refractivity contribution in [2.75, 3.05) is 24.6 Å². The van der Waals surface area contributed by atoms with E-state index in [2.05, 4.69) is 0 Å². The van der Waals surface area contributed by atoms with E-state index in [0.29, 0.717) is 17.2 Å². The molecule has 160 valence electrons. The predicted molar refractivity (Wildman–Crippen MR) is 115 cm³/mol. The number of carbonyl (C=O) groups excluding carboxylic acids is 1. The second-order valence-electron chi connectivity index (χ2n) is 6.93.